The van der Waals surface area contributed by atoms with Gasteiger partial charge in [0.05, 0.1) is 30.6 Å². The SMILES string of the molecule is COc1cc2cc(c1Cl)N(C)C(=O)C[C@H](OC(=O)[C@H](C)N(C)C(=O)CCSC1CC(=O)N(CC3CCC(C(N)=O)CC3)C1=O)[C@]1(C)O[C@H]1[C@H](C)[C@@H]1C[C@@](O)(NC(=O)O1)[C@H](O)/C=C/C=C(\C)C2. The molecule has 0 aromatic heterocycles. The Morgan fingerprint density at radius 1 is 1.12 bits per heavy atom. The first-order valence-electron chi connectivity index (χ1n) is 22.3. The maximum Gasteiger partial charge on any atom is 0.409 e. The van der Waals surface area contributed by atoms with E-state index in [0.717, 1.165) is 11.1 Å². The number of amides is 6. The number of alkyl carbamates (subject to hydrolysis) is 1. The summed E-state index contributed by atoms with van der Waals surface area (Å²) in [5.41, 5.74) is 3.93. The maximum atomic E-state index is 14.3. The zero-order valence-corrected chi connectivity index (χ0v) is 40.0. The number of epoxide rings is 1. The van der Waals surface area contributed by atoms with Gasteiger partial charge in [-0.05, 0) is 76.5 Å². The van der Waals surface area contributed by atoms with Gasteiger partial charge in [0.25, 0.3) is 0 Å². The lowest BCUT2D eigenvalue weighted by Gasteiger charge is -2.41. The molecular formula is C46H62ClN5O13S. The van der Waals surface area contributed by atoms with Crippen molar-refractivity contribution < 1.29 is 62.7 Å². The summed E-state index contributed by atoms with van der Waals surface area (Å²) >= 11 is 7.98. The molecule has 6 amide bonds. The van der Waals surface area contributed by atoms with E-state index < -0.39 is 83.2 Å². The van der Waals surface area contributed by atoms with E-state index in [4.69, 9.17) is 36.3 Å². The van der Waals surface area contributed by atoms with E-state index in [1.165, 1.54) is 60.7 Å². The highest BCUT2D eigenvalue weighted by Crippen LogP contribution is 2.49. The number of primary amides is 1. The number of nitrogens with zero attached hydrogens (tertiary/aromatic N) is 3. The quantitative estimate of drug-likeness (QED) is 0.141. The number of methoxy groups -OCH3 is 1. The summed E-state index contributed by atoms with van der Waals surface area (Å²) < 4.78 is 23.5. The first kappa shape index (κ1) is 50.7. The van der Waals surface area contributed by atoms with Gasteiger partial charge < -0.3 is 44.7 Å². The van der Waals surface area contributed by atoms with E-state index >= 15 is 0 Å². The van der Waals surface area contributed by atoms with Crippen LogP contribution < -0.4 is 20.7 Å². The number of aliphatic hydroxyl groups excluding tert-OH is 1. The average molecular weight is 961 g/mol. The highest BCUT2D eigenvalue weighted by Gasteiger charge is 2.64. The van der Waals surface area contributed by atoms with Gasteiger partial charge in [0, 0.05) is 57.5 Å². The normalized spacial score (nSPS) is 33.4. The van der Waals surface area contributed by atoms with Crippen molar-refractivity contribution in [3.05, 3.63) is 46.5 Å². The molecule has 3 saturated heterocycles. The summed E-state index contributed by atoms with van der Waals surface area (Å²) in [6.07, 6.45) is 1.56. The van der Waals surface area contributed by atoms with Crippen molar-refractivity contribution in [1.29, 1.82) is 0 Å². The van der Waals surface area contributed by atoms with Gasteiger partial charge in [0.15, 0.2) is 5.72 Å². The van der Waals surface area contributed by atoms with Crippen LogP contribution >= 0.6 is 23.4 Å². The van der Waals surface area contributed by atoms with E-state index in [1.807, 2.05) is 6.92 Å². The Balaban J connectivity index is 1.15. The van der Waals surface area contributed by atoms with Gasteiger partial charge in [-0.1, -0.05) is 42.3 Å². The number of thioether (sulfide) groups is 1. The van der Waals surface area contributed by atoms with Gasteiger partial charge in [-0.25, -0.2) is 9.59 Å². The van der Waals surface area contributed by atoms with Crippen LogP contribution in [0, 0.1) is 17.8 Å². The maximum absolute atomic E-state index is 14.3. The Bertz CT molecular complexity index is 2150. The van der Waals surface area contributed by atoms with Crippen LogP contribution in [0.2, 0.25) is 5.02 Å². The molecule has 1 aromatic rings. The van der Waals surface area contributed by atoms with Crippen molar-refractivity contribution in [3.63, 3.8) is 0 Å². The number of halogens is 1. The lowest BCUT2D eigenvalue weighted by Crippen LogP contribution is -2.63. The van der Waals surface area contributed by atoms with Crippen LogP contribution in [0.15, 0.2) is 35.9 Å². The molecule has 5 N–H and O–H groups in total. The number of allylic oxidation sites excluding steroid dienone is 3. The Morgan fingerprint density at radius 2 is 1.82 bits per heavy atom. The van der Waals surface area contributed by atoms with Crippen molar-refractivity contribution >= 4 is 70.6 Å². The summed E-state index contributed by atoms with van der Waals surface area (Å²) in [4.78, 5) is 96.1. The van der Waals surface area contributed by atoms with Crippen LogP contribution in [-0.4, -0.2) is 142 Å². The average Bonchev–Trinajstić information content (AvgIpc) is 3.90. The second kappa shape index (κ2) is 20.7. The monoisotopic (exact) mass is 959 g/mol. The van der Waals surface area contributed by atoms with Gasteiger partial charge in [0.1, 0.15) is 40.7 Å². The molecule has 4 heterocycles. The minimum absolute atomic E-state index is 0.0189. The molecule has 362 valence electrons. The van der Waals surface area contributed by atoms with Crippen molar-refractivity contribution in [2.75, 3.05) is 38.4 Å². The fraction of sp³-hybridized carbons (Fsp3) is 0.630. The third-order valence-electron chi connectivity index (χ3n) is 13.8. The van der Waals surface area contributed by atoms with Crippen LogP contribution in [0.25, 0.3) is 0 Å². The summed E-state index contributed by atoms with van der Waals surface area (Å²) in [7, 11) is 4.43. The zero-order chi connectivity index (χ0) is 48.4. The number of ether oxygens (including phenoxy) is 4. The highest BCUT2D eigenvalue weighted by molar-refractivity contribution is 8.00. The standard InChI is InChI=1S/C46H62ClN5O13S/c1-24-9-8-10-34(53)46(61)22-32(63-44(60)49-46)25(2)40-45(4,65-40)35(21-37(55)51(6)30-18-28(17-24)19-31(62-7)39(30)47)64-43(59)26(3)50(5)36(54)15-16-66-33-20-38(56)52(42(33)58)23-27-11-13-29(14-12-27)41(48)57/h8-10,18-19,25-27,29,32-35,40,53,61H,11-17,20-23H2,1-7H3,(H2,48,57)(H,49,60)/b10-8+,24-9+/t25-,26+,27?,29?,32+,33?,34-,35+,40+,45+,46+/m1/s1. The molecule has 4 fully saturated rings. The molecule has 4 aliphatic heterocycles. The van der Waals surface area contributed by atoms with Crippen LogP contribution in [0.4, 0.5) is 10.5 Å². The lowest BCUT2D eigenvalue weighted by molar-refractivity contribution is -0.162. The second-order valence-electron chi connectivity index (χ2n) is 18.5. The largest absolute Gasteiger partial charge is 0.495 e. The number of anilines is 1. The summed E-state index contributed by atoms with van der Waals surface area (Å²) in [6.45, 7) is 7.00. The number of carbonyl (C=O) groups is 7. The van der Waals surface area contributed by atoms with Gasteiger partial charge >= 0.3 is 12.1 Å². The number of fused-ring (bicyclic) bond motifs is 5. The molecule has 6 rings (SSSR count). The molecule has 1 saturated carbocycles. The van der Waals surface area contributed by atoms with Crippen molar-refractivity contribution in [2.45, 2.75) is 133 Å². The number of imide groups is 1. The van der Waals surface area contributed by atoms with Crippen molar-refractivity contribution in [2.24, 2.45) is 23.5 Å². The fourth-order valence-electron chi connectivity index (χ4n) is 9.28. The van der Waals surface area contributed by atoms with Crippen LogP contribution in [0.1, 0.15) is 84.6 Å². The predicted octanol–water partition coefficient (Wildman–Crippen LogP) is 3.40. The van der Waals surface area contributed by atoms with Crippen molar-refractivity contribution in [1.82, 2.24) is 15.1 Å². The number of likely N-dealkylation sites (tertiary alicyclic amines) is 1. The van der Waals surface area contributed by atoms with E-state index in [2.05, 4.69) is 5.32 Å². The highest BCUT2D eigenvalue weighted by atomic mass is 35.5. The Kier molecular flexibility index (Phi) is 15.9. The molecule has 20 heteroatoms. The third-order valence-corrected chi connectivity index (χ3v) is 15.4. The Hall–Kier alpha value is -4.69. The van der Waals surface area contributed by atoms with Gasteiger partial charge in [-0.3, -0.25) is 34.2 Å². The number of likely N-dealkylation sites (N-methyl/N-ethyl adjacent to an activating group) is 1. The third kappa shape index (κ3) is 11.2. The molecule has 0 radical (unpaired) electrons. The number of benzene rings is 1. The lowest BCUT2D eigenvalue weighted by atomic mass is 9.81. The van der Waals surface area contributed by atoms with Crippen LogP contribution in [0.3, 0.4) is 0 Å². The molecule has 1 aliphatic carbocycles. The fourth-order valence-corrected chi connectivity index (χ4v) is 10.7. The molecule has 66 heavy (non-hydrogen) atoms. The summed E-state index contributed by atoms with van der Waals surface area (Å²) in [5.74, 6) is -2.87. The second-order valence-corrected chi connectivity index (χ2v) is 20.2. The first-order chi connectivity index (χ1) is 31.1. The number of aliphatic hydroxyl groups is 2. The molecule has 0 spiro atoms. The van der Waals surface area contributed by atoms with E-state index in [-0.39, 0.29) is 66.1 Å². The molecular weight excluding hydrogens is 898 g/mol. The minimum Gasteiger partial charge on any atom is -0.495 e. The number of nitrogens with one attached hydrogen (secondary N) is 1. The molecule has 1 unspecified atom stereocenters. The zero-order valence-electron chi connectivity index (χ0n) is 38.5. The molecule has 18 nitrogen and oxygen atoms in total. The predicted molar refractivity (Wildman–Crippen MR) is 243 cm³/mol. The summed E-state index contributed by atoms with van der Waals surface area (Å²) in [6, 6.07) is 2.34. The number of rotatable bonds is 11. The van der Waals surface area contributed by atoms with Gasteiger partial charge in [0.2, 0.25) is 29.5 Å². The molecule has 9 atom stereocenters. The molecule has 5 aliphatic rings. The molecule has 4 bridgehead atoms. The van der Waals surface area contributed by atoms with E-state index in [0.29, 0.717) is 43.5 Å². The topological polar surface area (TPSA) is 248 Å². The number of carbonyl (C=O) groups excluding carboxylic acids is 7. The smallest absolute Gasteiger partial charge is 0.409 e. The van der Waals surface area contributed by atoms with Gasteiger partial charge in [-0.15, -0.1) is 11.8 Å². The number of esters is 1. The first-order valence-corrected chi connectivity index (χ1v) is 23.7. The van der Waals surface area contributed by atoms with E-state index in [9.17, 15) is 43.8 Å². The molecule has 1 aromatic carbocycles. The number of nitrogens with two attached hydrogens (primary N) is 1. The van der Waals surface area contributed by atoms with Crippen molar-refractivity contribution in [3.8, 4) is 5.75 Å². The Morgan fingerprint density at radius 3 is 2.48 bits per heavy atom. The van der Waals surface area contributed by atoms with E-state index in [1.54, 1.807) is 38.1 Å². The van der Waals surface area contributed by atoms with Crippen LogP contribution in [0.5, 0.6) is 5.75 Å². The minimum atomic E-state index is -2.10. The number of hydrogen-bond acceptors (Lipinski definition) is 14. The Labute approximate surface area is 393 Å². The number of hydrogen-bond donors (Lipinski definition) is 4. The van der Waals surface area contributed by atoms with Gasteiger partial charge in [-0.2, -0.15) is 0 Å². The summed E-state index contributed by atoms with van der Waals surface area (Å²) in [5, 5.41) is 24.5. The van der Waals surface area contributed by atoms with Crippen LogP contribution in [-0.2, 0) is 49.4 Å².